The van der Waals surface area contributed by atoms with Crippen LogP contribution in [-0.4, -0.2) is 28.5 Å². The van der Waals surface area contributed by atoms with E-state index in [-0.39, 0.29) is 28.4 Å². The molecule has 142 valence electrons. The Hall–Kier alpha value is -3.21. The van der Waals surface area contributed by atoms with Crippen molar-refractivity contribution in [2.24, 2.45) is 0 Å². The van der Waals surface area contributed by atoms with E-state index in [0.717, 1.165) is 24.8 Å². The molecule has 1 aliphatic carbocycles. The number of benzene rings is 1. The van der Waals surface area contributed by atoms with Gasteiger partial charge in [0.2, 0.25) is 5.78 Å². The lowest BCUT2D eigenvalue weighted by molar-refractivity contribution is 0.0498. The highest BCUT2D eigenvalue weighted by molar-refractivity contribution is 6.31. The Morgan fingerprint density at radius 2 is 1.75 bits per heavy atom. The molecular weight excluding hydrogens is 354 g/mol. The summed E-state index contributed by atoms with van der Waals surface area (Å²) in [7, 11) is 0. The Labute approximate surface area is 162 Å². The van der Waals surface area contributed by atoms with Crippen LogP contribution in [0.1, 0.15) is 74.1 Å². The number of fused-ring (bicyclic) bond motifs is 4. The second-order valence-corrected chi connectivity index (χ2v) is 7.10. The molecule has 1 aliphatic rings. The Bertz CT molecular complexity index is 1120. The van der Waals surface area contributed by atoms with Gasteiger partial charge in [-0.25, -0.2) is 4.79 Å². The highest BCUT2D eigenvalue weighted by Gasteiger charge is 2.38. The largest absolute Gasteiger partial charge is 0.462 e. The number of ketones is 2. The van der Waals surface area contributed by atoms with Gasteiger partial charge in [-0.2, -0.15) is 0 Å². The van der Waals surface area contributed by atoms with Crippen molar-refractivity contribution in [1.29, 1.82) is 0 Å². The molecule has 0 fully saturated rings. The summed E-state index contributed by atoms with van der Waals surface area (Å²) in [4.78, 5) is 39.3. The van der Waals surface area contributed by atoms with Crippen molar-refractivity contribution in [3.05, 3.63) is 76.1 Å². The van der Waals surface area contributed by atoms with Gasteiger partial charge in [0.05, 0.1) is 23.3 Å². The molecule has 0 radical (unpaired) electrons. The number of aromatic nitrogens is 1. The second-order valence-electron chi connectivity index (χ2n) is 7.10. The van der Waals surface area contributed by atoms with Crippen molar-refractivity contribution in [2.75, 3.05) is 6.61 Å². The van der Waals surface area contributed by atoms with Crippen LogP contribution in [0.5, 0.6) is 0 Å². The number of hydrogen-bond donors (Lipinski definition) is 0. The Morgan fingerprint density at radius 3 is 2.46 bits per heavy atom. The monoisotopic (exact) mass is 375 g/mol. The zero-order valence-electron chi connectivity index (χ0n) is 16.0. The van der Waals surface area contributed by atoms with Crippen LogP contribution in [-0.2, 0) is 4.74 Å². The summed E-state index contributed by atoms with van der Waals surface area (Å²) in [6.07, 6.45) is 4.48. The van der Waals surface area contributed by atoms with Crippen LogP contribution in [0.4, 0.5) is 0 Å². The number of hydrogen-bond acceptors (Lipinski definition) is 4. The first-order valence-corrected chi connectivity index (χ1v) is 9.54. The summed E-state index contributed by atoms with van der Waals surface area (Å²) in [5.41, 5.74) is 2.72. The fourth-order valence-electron chi connectivity index (χ4n) is 3.74. The number of pyridine rings is 1. The molecule has 0 spiro atoms. The van der Waals surface area contributed by atoms with Crippen LogP contribution in [0, 0.1) is 6.92 Å². The van der Waals surface area contributed by atoms with Gasteiger partial charge in [0, 0.05) is 17.3 Å². The zero-order valence-corrected chi connectivity index (χ0v) is 16.0. The van der Waals surface area contributed by atoms with Crippen molar-refractivity contribution in [2.45, 2.75) is 33.1 Å². The average Bonchev–Trinajstić information content (AvgIpc) is 3.04. The summed E-state index contributed by atoms with van der Waals surface area (Å²) in [5, 5.41) is 0. The molecule has 5 nitrogen and oxygen atoms in total. The highest BCUT2D eigenvalue weighted by atomic mass is 16.5. The fraction of sp³-hybridized carbons (Fsp3) is 0.261. The number of carbonyl (C=O) groups is 3. The van der Waals surface area contributed by atoms with Gasteiger partial charge in [-0.15, -0.1) is 0 Å². The molecule has 0 bridgehead atoms. The van der Waals surface area contributed by atoms with Crippen LogP contribution < -0.4 is 0 Å². The molecular formula is C23H21NO4. The van der Waals surface area contributed by atoms with Crippen LogP contribution in [0.3, 0.4) is 0 Å². The molecule has 0 aliphatic heterocycles. The molecule has 0 atom stereocenters. The summed E-state index contributed by atoms with van der Waals surface area (Å²) < 4.78 is 7.10. The SMILES string of the molecule is CCCCCOC(=O)c1c2c(n3ccc(C)cc13)C(=O)c1ccccc1C2=O. The topological polar surface area (TPSA) is 64.8 Å². The van der Waals surface area contributed by atoms with Gasteiger partial charge in [-0.05, 0) is 31.0 Å². The second kappa shape index (κ2) is 7.08. The molecule has 0 saturated heterocycles. The van der Waals surface area contributed by atoms with E-state index in [1.165, 1.54) is 0 Å². The first-order valence-electron chi connectivity index (χ1n) is 9.54. The Balaban J connectivity index is 1.91. The standard InChI is InChI=1S/C23H21NO4/c1-3-4-7-12-28-23(27)18-17-13-14(2)10-11-24(17)20-19(18)21(25)15-8-5-6-9-16(15)22(20)26/h5-6,8-11,13H,3-4,7,12H2,1-2H3. The van der Waals surface area contributed by atoms with Crippen LogP contribution in [0.25, 0.3) is 5.52 Å². The summed E-state index contributed by atoms with van der Waals surface area (Å²) in [6.45, 7) is 4.27. The van der Waals surface area contributed by atoms with Crippen LogP contribution >= 0.6 is 0 Å². The lowest BCUT2D eigenvalue weighted by atomic mass is 9.86. The predicted octanol–water partition coefficient (Wildman–Crippen LogP) is 4.37. The first kappa shape index (κ1) is 18.2. The maximum Gasteiger partial charge on any atom is 0.341 e. The average molecular weight is 375 g/mol. The third kappa shape index (κ3) is 2.74. The molecule has 0 N–H and O–H groups in total. The molecule has 28 heavy (non-hydrogen) atoms. The number of carbonyl (C=O) groups excluding carboxylic acids is 3. The number of nitrogens with zero attached hydrogens (tertiary/aromatic N) is 1. The lowest BCUT2D eigenvalue weighted by Crippen LogP contribution is -2.23. The predicted molar refractivity (Wildman–Crippen MR) is 105 cm³/mol. The quantitative estimate of drug-likeness (QED) is 0.384. The van der Waals surface area contributed by atoms with E-state index < -0.39 is 5.97 Å². The number of esters is 1. The van der Waals surface area contributed by atoms with E-state index >= 15 is 0 Å². The van der Waals surface area contributed by atoms with Gasteiger partial charge in [0.25, 0.3) is 0 Å². The molecule has 2 aromatic heterocycles. The van der Waals surface area contributed by atoms with Crippen molar-refractivity contribution in [3.8, 4) is 0 Å². The third-order valence-corrected chi connectivity index (χ3v) is 5.14. The molecule has 1 aromatic carbocycles. The normalized spacial score (nSPS) is 12.8. The fourth-order valence-corrected chi connectivity index (χ4v) is 3.74. The van der Waals surface area contributed by atoms with Gasteiger partial charge < -0.3 is 9.14 Å². The van der Waals surface area contributed by atoms with Gasteiger partial charge in [-0.1, -0.05) is 44.0 Å². The minimum atomic E-state index is -0.555. The van der Waals surface area contributed by atoms with Crippen LogP contribution in [0.2, 0.25) is 0 Å². The number of rotatable bonds is 5. The molecule has 0 amide bonds. The van der Waals surface area contributed by atoms with Gasteiger partial charge >= 0.3 is 5.97 Å². The molecule has 3 aromatic rings. The number of unbranched alkanes of at least 4 members (excludes halogenated alkanes) is 2. The molecule has 0 saturated carbocycles. The molecule has 0 unspecified atom stereocenters. The van der Waals surface area contributed by atoms with E-state index in [2.05, 4.69) is 6.92 Å². The number of aryl methyl sites for hydroxylation is 1. The Kier molecular flexibility index (Phi) is 4.59. The van der Waals surface area contributed by atoms with E-state index in [4.69, 9.17) is 4.74 Å². The maximum atomic E-state index is 13.2. The van der Waals surface area contributed by atoms with Crippen LogP contribution in [0.15, 0.2) is 42.6 Å². The minimum absolute atomic E-state index is 0.148. The van der Waals surface area contributed by atoms with Crippen molar-refractivity contribution in [3.63, 3.8) is 0 Å². The minimum Gasteiger partial charge on any atom is -0.462 e. The highest BCUT2D eigenvalue weighted by Crippen LogP contribution is 2.34. The lowest BCUT2D eigenvalue weighted by Gasteiger charge is -2.15. The third-order valence-electron chi connectivity index (χ3n) is 5.14. The summed E-state index contributed by atoms with van der Waals surface area (Å²) in [5.74, 6) is -1.12. The number of ether oxygens (including phenoxy) is 1. The van der Waals surface area contributed by atoms with E-state index in [1.54, 1.807) is 34.9 Å². The van der Waals surface area contributed by atoms with Crippen molar-refractivity contribution >= 4 is 23.1 Å². The van der Waals surface area contributed by atoms with E-state index in [1.807, 2.05) is 19.1 Å². The Morgan fingerprint density at radius 1 is 1.04 bits per heavy atom. The molecule has 5 heteroatoms. The van der Waals surface area contributed by atoms with Gasteiger partial charge in [0.15, 0.2) is 5.78 Å². The van der Waals surface area contributed by atoms with E-state index in [0.29, 0.717) is 23.3 Å². The maximum absolute atomic E-state index is 13.2. The van der Waals surface area contributed by atoms with E-state index in [9.17, 15) is 14.4 Å². The summed E-state index contributed by atoms with van der Waals surface area (Å²) in [6, 6.07) is 10.4. The summed E-state index contributed by atoms with van der Waals surface area (Å²) >= 11 is 0. The molecule has 2 heterocycles. The van der Waals surface area contributed by atoms with Crippen molar-refractivity contribution in [1.82, 2.24) is 4.40 Å². The van der Waals surface area contributed by atoms with Gasteiger partial charge in [-0.3, -0.25) is 9.59 Å². The van der Waals surface area contributed by atoms with Crippen molar-refractivity contribution < 1.29 is 19.1 Å². The van der Waals surface area contributed by atoms with Gasteiger partial charge in [0.1, 0.15) is 5.69 Å². The molecule has 4 rings (SSSR count). The first-order chi connectivity index (χ1) is 13.5. The zero-order chi connectivity index (χ0) is 19.8. The smallest absolute Gasteiger partial charge is 0.341 e.